The number of carbonyl (C=O) groups is 2. The Morgan fingerprint density at radius 3 is 2.53 bits per heavy atom. The minimum Gasteiger partial charge on any atom is -0.365 e. The lowest BCUT2D eigenvalue weighted by Crippen LogP contribution is -2.26. The molecule has 0 saturated carbocycles. The third-order valence-electron chi connectivity index (χ3n) is 4.76. The number of aryl methyl sites for hydroxylation is 2. The smallest absolute Gasteiger partial charge is 0.280 e. The van der Waals surface area contributed by atoms with E-state index in [0.29, 0.717) is 17.5 Å². The molecule has 3 heterocycles. The molecule has 0 radical (unpaired) electrons. The van der Waals surface area contributed by atoms with Crippen molar-refractivity contribution in [2.75, 3.05) is 5.32 Å². The van der Waals surface area contributed by atoms with Crippen molar-refractivity contribution in [1.29, 1.82) is 0 Å². The average molecular weight is 500 g/mol. The molecule has 11 heteroatoms. The summed E-state index contributed by atoms with van der Waals surface area (Å²) in [4.78, 5) is 29.0. The fourth-order valence-electron chi connectivity index (χ4n) is 3.15. The van der Waals surface area contributed by atoms with E-state index in [0.717, 1.165) is 27.2 Å². The van der Waals surface area contributed by atoms with Gasteiger partial charge in [-0.3, -0.25) is 14.3 Å². The molecule has 1 atom stereocenters. The van der Waals surface area contributed by atoms with Crippen molar-refractivity contribution < 1.29 is 18.4 Å². The van der Waals surface area contributed by atoms with Crippen molar-refractivity contribution in [2.24, 2.45) is 11.7 Å². The monoisotopic (exact) mass is 499 g/mol. The zero-order valence-electron chi connectivity index (χ0n) is 16.7. The summed E-state index contributed by atoms with van der Waals surface area (Å²) in [5, 5.41) is 7.60. The summed E-state index contributed by atoms with van der Waals surface area (Å²) in [7, 11) is 0. The number of amides is 2. The minimum absolute atomic E-state index is 0.0708. The van der Waals surface area contributed by atoms with Crippen molar-refractivity contribution in [1.82, 2.24) is 14.8 Å². The molecule has 3 N–H and O–H groups in total. The molecular formula is C19H20BrF2N5O2S. The number of nitrogens with one attached hydrogen (secondary N) is 1. The van der Waals surface area contributed by atoms with Crippen molar-refractivity contribution in [3.8, 4) is 0 Å². The molecule has 0 aliphatic heterocycles. The van der Waals surface area contributed by atoms with Gasteiger partial charge in [-0.1, -0.05) is 6.92 Å². The minimum atomic E-state index is -2.75. The average Bonchev–Trinajstić information content (AvgIpc) is 3.15. The number of primary amides is 1. The van der Waals surface area contributed by atoms with Crippen LogP contribution < -0.4 is 11.1 Å². The second-order valence-electron chi connectivity index (χ2n) is 7.07. The van der Waals surface area contributed by atoms with Gasteiger partial charge in [0.25, 0.3) is 12.3 Å². The van der Waals surface area contributed by atoms with E-state index in [2.05, 4.69) is 31.3 Å². The molecule has 7 nitrogen and oxygen atoms in total. The highest BCUT2D eigenvalue weighted by Gasteiger charge is 2.25. The first-order valence-corrected chi connectivity index (χ1v) is 10.6. The van der Waals surface area contributed by atoms with Crippen LogP contribution >= 0.6 is 27.3 Å². The van der Waals surface area contributed by atoms with E-state index in [-0.39, 0.29) is 21.3 Å². The molecule has 3 rings (SSSR count). The quantitative estimate of drug-likeness (QED) is 0.521. The Hall–Kier alpha value is -2.40. The number of pyridine rings is 1. The molecule has 0 saturated heterocycles. The highest BCUT2D eigenvalue weighted by atomic mass is 79.9. The first-order chi connectivity index (χ1) is 14.0. The van der Waals surface area contributed by atoms with Gasteiger partial charge in [0.1, 0.15) is 15.4 Å². The number of carbonyl (C=O) groups excluding carboxylic acids is 2. The molecule has 0 spiro atoms. The van der Waals surface area contributed by atoms with Gasteiger partial charge in [-0.2, -0.15) is 5.10 Å². The van der Waals surface area contributed by atoms with Gasteiger partial charge in [0.05, 0.1) is 28.3 Å². The van der Waals surface area contributed by atoms with Crippen molar-refractivity contribution in [2.45, 2.75) is 40.7 Å². The Labute approximate surface area is 183 Å². The lowest BCUT2D eigenvalue weighted by atomic mass is 10.1. The van der Waals surface area contributed by atoms with Crippen LogP contribution in [0.4, 0.5) is 14.5 Å². The van der Waals surface area contributed by atoms with Crippen molar-refractivity contribution in [3.05, 3.63) is 38.1 Å². The van der Waals surface area contributed by atoms with Gasteiger partial charge >= 0.3 is 0 Å². The fraction of sp³-hybridized carbons (Fsp3) is 0.368. The Kier molecular flexibility index (Phi) is 6.23. The largest absolute Gasteiger partial charge is 0.365 e. The first kappa shape index (κ1) is 22.3. The van der Waals surface area contributed by atoms with Crippen LogP contribution in [0.2, 0.25) is 0 Å². The van der Waals surface area contributed by atoms with Crippen molar-refractivity contribution in [3.63, 3.8) is 0 Å². The Balaban J connectivity index is 1.95. The molecule has 0 aliphatic rings. The maximum atomic E-state index is 13.1. The number of hydrogen-bond acceptors (Lipinski definition) is 5. The van der Waals surface area contributed by atoms with E-state index in [9.17, 15) is 18.4 Å². The van der Waals surface area contributed by atoms with E-state index >= 15 is 0 Å². The summed E-state index contributed by atoms with van der Waals surface area (Å²) < 4.78 is 28.8. The predicted molar refractivity (Wildman–Crippen MR) is 115 cm³/mol. The van der Waals surface area contributed by atoms with Crippen LogP contribution in [0.5, 0.6) is 0 Å². The lowest BCUT2D eigenvalue weighted by molar-refractivity contribution is -0.119. The topological polar surface area (TPSA) is 103 Å². The fourth-order valence-corrected chi connectivity index (χ4v) is 4.50. The Morgan fingerprint density at radius 2 is 2.00 bits per heavy atom. The van der Waals surface area contributed by atoms with Gasteiger partial charge in [-0.05, 0) is 48.3 Å². The molecule has 3 aromatic heterocycles. The number of anilines is 1. The number of rotatable bonds is 6. The van der Waals surface area contributed by atoms with Crippen LogP contribution in [-0.2, 0) is 11.3 Å². The van der Waals surface area contributed by atoms with Gasteiger partial charge < -0.3 is 11.1 Å². The van der Waals surface area contributed by atoms with Crippen LogP contribution in [0.15, 0.2) is 10.5 Å². The number of hydrogen-bond donors (Lipinski definition) is 2. The molecule has 0 bridgehead atoms. The molecule has 30 heavy (non-hydrogen) atoms. The van der Waals surface area contributed by atoms with E-state index in [1.807, 2.05) is 13.8 Å². The molecule has 0 aromatic carbocycles. The Morgan fingerprint density at radius 1 is 1.33 bits per heavy atom. The summed E-state index contributed by atoms with van der Waals surface area (Å²) in [6.45, 7) is 7.43. The number of thiophene rings is 1. The number of fused-ring (bicyclic) bond motifs is 1. The highest BCUT2D eigenvalue weighted by Crippen LogP contribution is 2.38. The first-order valence-electron chi connectivity index (χ1n) is 9.03. The summed E-state index contributed by atoms with van der Waals surface area (Å²) >= 11 is 4.34. The number of halogens is 3. The zero-order chi connectivity index (χ0) is 22.3. The summed E-state index contributed by atoms with van der Waals surface area (Å²) in [5.74, 6) is -1.60. The summed E-state index contributed by atoms with van der Waals surface area (Å²) in [6.07, 6.45) is -2.75. The van der Waals surface area contributed by atoms with Crippen LogP contribution in [0.25, 0.3) is 10.2 Å². The van der Waals surface area contributed by atoms with Gasteiger partial charge in [0, 0.05) is 11.1 Å². The number of nitrogens with two attached hydrogens (primary N) is 1. The molecular weight excluding hydrogens is 480 g/mol. The standard InChI is InChI=1S/C19H20BrF2N5O2S/c1-7-5-11(16(21)22)24-19-12(7)14(15(30-19)17(23)28)25-18(29)8(2)6-27-10(4)13(20)9(3)26-27/h5,8,16H,6H2,1-4H3,(H2,23,28)(H,25,29). The lowest BCUT2D eigenvalue weighted by Gasteiger charge is -2.14. The number of aromatic nitrogens is 3. The van der Waals surface area contributed by atoms with Crippen LogP contribution in [0.3, 0.4) is 0 Å². The van der Waals surface area contributed by atoms with Gasteiger partial charge in [0.15, 0.2) is 0 Å². The van der Waals surface area contributed by atoms with Crippen LogP contribution in [0, 0.1) is 26.7 Å². The number of nitrogens with zero attached hydrogens (tertiary/aromatic N) is 3. The van der Waals surface area contributed by atoms with E-state index in [1.165, 1.54) is 6.07 Å². The van der Waals surface area contributed by atoms with E-state index in [1.54, 1.807) is 18.5 Å². The normalized spacial score (nSPS) is 12.5. The SMILES string of the molecule is Cc1nn(CC(C)C(=O)Nc2c(C(N)=O)sc3nc(C(F)F)cc(C)c23)c(C)c1Br. The maximum Gasteiger partial charge on any atom is 0.280 e. The van der Waals surface area contributed by atoms with Gasteiger partial charge in [-0.15, -0.1) is 11.3 Å². The maximum absolute atomic E-state index is 13.1. The van der Waals surface area contributed by atoms with Gasteiger partial charge in [-0.25, -0.2) is 13.8 Å². The third kappa shape index (κ3) is 4.08. The second kappa shape index (κ2) is 8.38. The van der Waals surface area contributed by atoms with Crippen LogP contribution in [0.1, 0.15) is 45.7 Å². The molecule has 3 aromatic rings. The highest BCUT2D eigenvalue weighted by molar-refractivity contribution is 9.10. The van der Waals surface area contributed by atoms with Crippen molar-refractivity contribution >= 4 is 55.0 Å². The third-order valence-corrected chi connectivity index (χ3v) is 7.01. The number of alkyl halides is 2. The Bertz CT molecular complexity index is 1160. The zero-order valence-corrected chi connectivity index (χ0v) is 19.1. The predicted octanol–water partition coefficient (Wildman–Crippen LogP) is 4.49. The molecule has 160 valence electrons. The van der Waals surface area contributed by atoms with Crippen LogP contribution in [-0.4, -0.2) is 26.6 Å². The molecule has 1 unspecified atom stereocenters. The van der Waals surface area contributed by atoms with Gasteiger partial charge in [0.2, 0.25) is 5.91 Å². The molecule has 0 fully saturated rings. The molecule has 2 amide bonds. The molecule has 0 aliphatic carbocycles. The second-order valence-corrected chi connectivity index (χ2v) is 8.86. The van der Waals surface area contributed by atoms with E-state index in [4.69, 9.17) is 5.73 Å². The summed E-state index contributed by atoms with van der Waals surface area (Å²) in [6, 6.07) is 1.25. The van der Waals surface area contributed by atoms with E-state index < -0.39 is 23.9 Å². The summed E-state index contributed by atoms with van der Waals surface area (Å²) in [5.41, 5.74) is 7.47.